The van der Waals surface area contributed by atoms with Crippen LogP contribution >= 0.6 is 0 Å². The Balaban J connectivity index is 1.87. The van der Waals surface area contributed by atoms with Gasteiger partial charge >= 0.3 is 5.97 Å². The third-order valence-electron chi connectivity index (χ3n) is 7.47. The van der Waals surface area contributed by atoms with Crippen LogP contribution in [0.1, 0.15) is 25.3 Å². The summed E-state index contributed by atoms with van der Waals surface area (Å²) in [6, 6.07) is 5.33. The van der Waals surface area contributed by atoms with Crippen LogP contribution in [0.2, 0.25) is 0 Å². The van der Waals surface area contributed by atoms with E-state index in [1.807, 2.05) is 13.0 Å². The van der Waals surface area contributed by atoms with Gasteiger partial charge in [0, 0.05) is 24.7 Å². The molecular formula is C21H24N2O4. The minimum Gasteiger partial charge on any atom is -0.508 e. The molecule has 3 heterocycles. The number of aliphatic hydroxyl groups excluding tert-OH is 1. The van der Waals surface area contributed by atoms with E-state index in [9.17, 15) is 15.0 Å². The SMILES string of the molecule is CC=C1CN2CC[C@@]34C(=Nc5ccc(O)cc53)[C@H]2C[C@H]1[C@]4(CO)C(=O)OC. The van der Waals surface area contributed by atoms with Gasteiger partial charge in [-0.2, -0.15) is 0 Å². The minimum atomic E-state index is -1.12. The number of allylic oxidation sites excluding steroid dienone is 1. The zero-order chi connectivity index (χ0) is 19.0. The fraction of sp³-hybridized carbons (Fsp3) is 0.524. The molecule has 1 saturated carbocycles. The molecule has 27 heavy (non-hydrogen) atoms. The Morgan fingerprint density at radius 3 is 3.00 bits per heavy atom. The van der Waals surface area contributed by atoms with Crippen LogP contribution in [0.5, 0.6) is 5.75 Å². The number of phenolic OH excluding ortho intramolecular Hbond substituents is 1. The van der Waals surface area contributed by atoms with Crippen molar-refractivity contribution in [1.82, 2.24) is 4.90 Å². The molecule has 0 aromatic heterocycles. The lowest BCUT2D eigenvalue weighted by atomic mass is 9.43. The van der Waals surface area contributed by atoms with E-state index in [0.717, 1.165) is 36.5 Å². The normalized spacial score (nSPS) is 37.7. The maximum atomic E-state index is 13.4. The van der Waals surface area contributed by atoms with Crippen LogP contribution in [0.15, 0.2) is 34.8 Å². The number of hydrogen-bond donors (Lipinski definition) is 2. The number of aromatic hydroxyl groups is 1. The Hall–Kier alpha value is -2.18. The van der Waals surface area contributed by atoms with Gasteiger partial charge in [0.2, 0.25) is 0 Å². The van der Waals surface area contributed by atoms with E-state index in [1.165, 1.54) is 12.7 Å². The number of piperidine rings is 2. The summed E-state index contributed by atoms with van der Waals surface area (Å²) in [6.45, 7) is 3.31. The number of carbonyl (C=O) groups excluding carboxylic acids is 1. The molecule has 1 aromatic carbocycles. The van der Waals surface area contributed by atoms with Gasteiger partial charge in [-0.15, -0.1) is 0 Å². The molecule has 2 N–H and O–H groups in total. The third kappa shape index (κ3) is 1.74. The Morgan fingerprint density at radius 1 is 1.48 bits per heavy atom. The Morgan fingerprint density at radius 2 is 2.30 bits per heavy atom. The molecule has 6 heteroatoms. The van der Waals surface area contributed by atoms with E-state index >= 15 is 0 Å². The quantitative estimate of drug-likeness (QED) is 0.616. The van der Waals surface area contributed by atoms with Crippen molar-refractivity contribution in [2.45, 2.75) is 31.2 Å². The van der Waals surface area contributed by atoms with Crippen molar-refractivity contribution in [3.63, 3.8) is 0 Å². The van der Waals surface area contributed by atoms with E-state index in [-0.39, 0.29) is 30.3 Å². The summed E-state index contributed by atoms with van der Waals surface area (Å²) in [5.74, 6) is -0.332. The van der Waals surface area contributed by atoms with E-state index in [0.29, 0.717) is 6.42 Å². The van der Waals surface area contributed by atoms with Crippen LogP contribution in [0, 0.1) is 11.3 Å². The number of benzene rings is 1. The molecule has 3 fully saturated rings. The monoisotopic (exact) mass is 368 g/mol. The van der Waals surface area contributed by atoms with Gasteiger partial charge in [-0.1, -0.05) is 11.6 Å². The van der Waals surface area contributed by atoms with Gasteiger partial charge in [0.25, 0.3) is 0 Å². The maximum Gasteiger partial charge on any atom is 0.316 e. The molecule has 1 aliphatic carbocycles. The highest BCUT2D eigenvalue weighted by molar-refractivity contribution is 6.11. The molecule has 142 valence electrons. The van der Waals surface area contributed by atoms with Gasteiger partial charge in [-0.05, 0) is 43.5 Å². The second-order valence-electron chi connectivity index (χ2n) is 8.11. The number of nitrogens with zero attached hydrogens (tertiary/aromatic N) is 2. The summed E-state index contributed by atoms with van der Waals surface area (Å²) in [6.07, 6.45) is 3.53. The summed E-state index contributed by atoms with van der Waals surface area (Å²) in [5.41, 5.74) is 1.92. The molecule has 0 spiro atoms. The summed E-state index contributed by atoms with van der Waals surface area (Å²) in [4.78, 5) is 20.7. The van der Waals surface area contributed by atoms with Gasteiger partial charge in [-0.3, -0.25) is 14.7 Å². The zero-order valence-electron chi connectivity index (χ0n) is 15.6. The number of hydrogen-bond acceptors (Lipinski definition) is 6. The Labute approximate surface area is 158 Å². The van der Waals surface area contributed by atoms with Crippen LogP contribution in [0.4, 0.5) is 5.69 Å². The number of ether oxygens (including phenoxy) is 1. The first-order valence-electron chi connectivity index (χ1n) is 9.54. The van der Waals surface area contributed by atoms with Crippen molar-refractivity contribution in [3.05, 3.63) is 35.4 Å². The minimum absolute atomic E-state index is 0.103. The lowest BCUT2D eigenvalue weighted by Gasteiger charge is -2.64. The smallest absolute Gasteiger partial charge is 0.316 e. The highest BCUT2D eigenvalue weighted by Crippen LogP contribution is 2.66. The van der Waals surface area contributed by atoms with Gasteiger partial charge in [0.15, 0.2) is 0 Å². The van der Waals surface area contributed by atoms with E-state index in [1.54, 1.807) is 12.1 Å². The van der Waals surface area contributed by atoms with Crippen LogP contribution in [-0.4, -0.2) is 59.6 Å². The van der Waals surface area contributed by atoms with Crippen molar-refractivity contribution < 1.29 is 19.7 Å². The molecule has 0 amide bonds. The first-order valence-corrected chi connectivity index (χ1v) is 9.54. The number of aliphatic imine (C=N–C) groups is 1. The summed E-state index contributed by atoms with van der Waals surface area (Å²) < 4.78 is 5.31. The van der Waals surface area contributed by atoms with Gasteiger partial charge in [0.05, 0.1) is 30.9 Å². The molecule has 0 radical (unpaired) electrons. The van der Waals surface area contributed by atoms with E-state index < -0.39 is 10.8 Å². The predicted molar refractivity (Wildman–Crippen MR) is 100 cm³/mol. The standard InChI is InChI=1S/C21H24N2O4/c1-3-12-10-23-7-6-20-15-8-13(25)4-5-16(15)22-18(20)17(23)9-14(12)21(20,11-24)19(26)27-2/h3-5,8,14,17,24-25H,6-7,9-11H2,1-2H3/t14-,17-,20+,21-/m1/s1. The number of esters is 1. The largest absolute Gasteiger partial charge is 0.508 e. The Bertz CT molecular complexity index is 907. The molecule has 6 nitrogen and oxygen atoms in total. The Kier molecular flexibility index (Phi) is 3.41. The fourth-order valence-corrected chi connectivity index (χ4v) is 6.37. The second kappa shape index (κ2) is 5.42. The number of aliphatic hydroxyl groups is 1. The highest BCUT2D eigenvalue weighted by Gasteiger charge is 2.73. The number of phenols is 1. The second-order valence-corrected chi connectivity index (χ2v) is 8.11. The molecule has 5 rings (SSSR count). The van der Waals surface area contributed by atoms with Crippen LogP contribution in [0.3, 0.4) is 0 Å². The zero-order valence-corrected chi connectivity index (χ0v) is 15.6. The fourth-order valence-electron chi connectivity index (χ4n) is 6.37. The molecule has 1 aromatic rings. The van der Waals surface area contributed by atoms with Gasteiger partial charge in [-0.25, -0.2) is 0 Å². The van der Waals surface area contributed by atoms with Crippen LogP contribution in [0.25, 0.3) is 0 Å². The van der Waals surface area contributed by atoms with E-state index in [2.05, 4.69) is 11.0 Å². The first-order chi connectivity index (χ1) is 13.0. The average Bonchev–Trinajstić information content (AvgIpc) is 3.03. The van der Waals surface area contributed by atoms with Crippen molar-refractivity contribution in [1.29, 1.82) is 0 Å². The van der Waals surface area contributed by atoms with Crippen molar-refractivity contribution in [3.8, 4) is 5.75 Å². The number of carbonyl (C=O) groups is 1. The maximum absolute atomic E-state index is 13.4. The first kappa shape index (κ1) is 17.0. The lowest BCUT2D eigenvalue weighted by molar-refractivity contribution is -0.170. The topological polar surface area (TPSA) is 82.4 Å². The van der Waals surface area contributed by atoms with Gasteiger partial charge < -0.3 is 14.9 Å². The van der Waals surface area contributed by atoms with E-state index in [4.69, 9.17) is 9.73 Å². The predicted octanol–water partition coefficient (Wildman–Crippen LogP) is 1.92. The number of fused-ring (bicyclic) bond motifs is 2. The third-order valence-corrected chi connectivity index (χ3v) is 7.47. The molecule has 0 unspecified atom stereocenters. The number of rotatable bonds is 2. The lowest BCUT2D eigenvalue weighted by Crippen LogP contribution is -2.74. The van der Waals surface area contributed by atoms with Crippen molar-refractivity contribution in [2.75, 3.05) is 26.8 Å². The average molecular weight is 368 g/mol. The molecule has 4 atom stereocenters. The molecule has 2 saturated heterocycles. The van der Waals surface area contributed by atoms with Gasteiger partial charge in [0.1, 0.15) is 11.2 Å². The molecule has 4 aliphatic rings. The van der Waals surface area contributed by atoms with Crippen molar-refractivity contribution >= 4 is 17.4 Å². The van der Waals surface area contributed by atoms with Crippen LogP contribution in [-0.2, 0) is 14.9 Å². The highest BCUT2D eigenvalue weighted by atomic mass is 16.5. The summed E-state index contributed by atoms with van der Waals surface area (Å²) in [7, 11) is 1.39. The molecular weight excluding hydrogens is 344 g/mol. The molecule has 3 bridgehead atoms. The summed E-state index contributed by atoms with van der Waals surface area (Å²) >= 11 is 0. The number of methoxy groups -OCH3 is 1. The summed E-state index contributed by atoms with van der Waals surface area (Å²) in [5, 5.41) is 21.0. The molecule has 3 aliphatic heterocycles. The van der Waals surface area contributed by atoms with Crippen LogP contribution < -0.4 is 0 Å². The van der Waals surface area contributed by atoms with Crippen molar-refractivity contribution in [2.24, 2.45) is 16.3 Å².